The van der Waals surface area contributed by atoms with Crippen molar-refractivity contribution >= 4 is 32.3 Å². The molecule has 2 rings (SSSR count). The summed E-state index contributed by atoms with van der Waals surface area (Å²) in [5, 5.41) is 0.852. The predicted molar refractivity (Wildman–Crippen MR) is 70.1 cm³/mol. The number of alkyl halides is 1. The fourth-order valence-corrected chi connectivity index (χ4v) is 3.01. The van der Waals surface area contributed by atoms with Crippen LogP contribution in [-0.4, -0.2) is 19.2 Å². The number of benzene rings is 1. The molecule has 0 aliphatic heterocycles. The van der Waals surface area contributed by atoms with Crippen molar-refractivity contribution in [1.82, 2.24) is 4.98 Å². The standard InChI is InChI=1S/C12H12ClNO2S/c1-2-5-17(15,16)10-3-4-12-11(6-10)9(7-13)8-14-12/h2-4,6,8,14H,1,5,7H2. The van der Waals surface area contributed by atoms with Crippen molar-refractivity contribution in [3.8, 4) is 0 Å². The van der Waals surface area contributed by atoms with Crippen LogP contribution in [0.3, 0.4) is 0 Å². The molecule has 1 aromatic heterocycles. The quantitative estimate of drug-likeness (QED) is 0.685. The maximum Gasteiger partial charge on any atom is 0.181 e. The molecule has 0 aliphatic rings. The Hall–Kier alpha value is -1.26. The van der Waals surface area contributed by atoms with Crippen molar-refractivity contribution in [3.63, 3.8) is 0 Å². The van der Waals surface area contributed by atoms with Crippen LogP contribution in [0, 0.1) is 0 Å². The van der Waals surface area contributed by atoms with Crippen LogP contribution in [0.5, 0.6) is 0 Å². The zero-order chi connectivity index (χ0) is 12.5. The Labute approximate surface area is 105 Å². The molecule has 0 aliphatic carbocycles. The highest BCUT2D eigenvalue weighted by Gasteiger charge is 2.14. The van der Waals surface area contributed by atoms with Crippen LogP contribution in [-0.2, 0) is 15.7 Å². The molecule has 0 spiro atoms. The van der Waals surface area contributed by atoms with Gasteiger partial charge >= 0.3 is 0 Å². The molecule has 0 atom stereocenters. The molecule has 0 saturated carbocycles. The monoisotopic (exact) mass is 269 g/mol. The molecule has 2 aromatic rings. The summed E-state index contributed by atoms with van der Waals surface area (Å²) in [5.74, 6) is 0.296. The SMILES string of the molecule is C=CCS(=O)(=O)c1ccc2[nH]cc(CCl)c2c1. The third kappa shape index (κ3) is 2.23. The van der Waals surface area contributed by atoms with Gasteiger partial charge in [-0.05, 0) is 23.8 Å². The second-order valence-corrected chi connectivity index (χ2v) is 6.03. The van der Waals surface area contributed by atoms with Gasteiger partial charge in [0.2, 0.25) is 0 Å². The molecular weight excluding hydrogens is 258 g/mol. The molecule has 1 aromatic carbocycles. The maximum atomic E-state index is 11.9. The van der Waals surface area contributed by atoms with Gasteiger partial charge in [0.1, 0.15) is 0 Å². The van der Waals surface area contributed by atoms with Gasteiger partial charge < -0.3 is 4.98 Å². The second-order valence-electron chi connectivity index (χ2n) is 3.73. The van der Waals surface area contributed by atoms with Gasteiger partial charge in [-0.1, -0.05) is 6.08 Å². The summed E-state index contributed by atoms with van der Waals surface area (Å²) in [4.78, 5) is 3.35. The minimum atomic E-state index is -3.28. The largest absolute Gasteiger partial charge is 0.361 e. The Morgan fingerprint density at radius 2 is 2.18 bits per heavy atom. The van der Waals surface area contributed by atoms with Gasteiger partial charge in [-0.25, -0.2) is 8.42 Å². The van der Waals surface area contributed by atoms with E-state index in [1.54, 1.807) is 24.4 Å². The van der Waals surface area contributed by atoms with E-state index in [1.165, 1.54) is 6.08 Å². The number of fused-ring (bicyclic) bond motifs is 1. The third-order valence-electron chi connectivity index (χ3n) is 2.58. The molecule has 0 amide bonds. The van der Waals surface area contributed by atoms with E-state index in [9.17, 15) is 8.42 Å². The normalized spacial score (nSPS) is 11.8. The first-order valence-corrected chi connectivity index (χ1v) is 7.27. The van der Waals surface area contributed by atoms with Gasteiger partial charge in [0.05, 0.1) is 10.6 Å². The fraction of sp³-hybridized carbons (Fsp3) is 0.167. The molecule has 3 nitrogen and oxygen atoms in total. The van der Waals surface area contributed by atoms with Crippen LogP contribution in [0.4, 0.5) is 0 Å². The van der Waals surface area contributed by atoms with E-state index in [0.29, 0.717) is 10.8 Å². The fourth-order valence-electron chi connectivity index (χ4n) is 1.71. The summed E-state index contributed by atoms with van der Waals surface area (Å²) in [7, 11) is -3.28. The number of aromatic amines is 1. The van der Waals surface area contributed by atoms with Gasteiger partial charge in [0.15, 0.2) is 9.84 Å². The molecule has 5 heteroatoms. The van der Waals surface area contributed by atoms with E-state index in [-0.39, 0.29) is 5.75 Å². The van der Waals surface area contributed by atoms with Gasteiger partial charge in [0, 0.05) is 23.0 Å². The number of rotatable bonds is 4. The molecule has 0 fully saturated rings. The first-order chi connectivity index (χ1) is 8.08. The number of H-pyrrole nitrogens is 1. The van der Waals surface area contributed by atoms with Crippen molar-refractivity contribution < 1.29 is 8.42 Å². The highest BCUT2D eigenvalue weighted by atomic mass is 35.5. The van der Waals surface area contributed by atoms with E-state index in [4.69, 9.17) is 11.6 Å². The average Bonchev–Trinajstić information content (AvgIpc) is 2.70. The summed E-state index contributed by atoms with van der Waals surface area (Å²) in [6, 6.07) is 5.00. The number of hydrogen-bond acceptors (Lipinski definition) is 2. The van der Waals surface area contributed by atoms with E-state index >= 15 is 0 Å². The molecule has 0 bridgehead atoms. The molecule has 17 heavy (non-hydrogen) atoms. The molecule has 0 unspecified atom stereocenters. The van der Waals surface area contributed by atoms with Crippen LogP contribution in [0.15, 0.2) is 41.9 Å². The summed E-state index contributed by atoms with van der Waals surface area (Å²) < 4.78 is 23.8. The minimum absolute atomic E-state index is 0.0564. The highest BCUT2D eigenvalue weighted by Crippen LogP contribution is 2.24. The first-order valence-electron chi connectivity index (χ1n) is 5.08. The first kappa shape index (κ1) is 12.2. The molecule has 0 saturated heterocycles. The van der Waals surface area contributed by atoms with Crippen LogP contribution in [0.25, 0.3) is 10.9 Å². The van der Waals surface area contributed by atoms with Gasteiger partial charge in [-0.15, -0.1) is 18.2 Å². The van der Waals surface area contributed by atoms with Gasteiger partial charge in [-0.2, -0.15) is 0 Å². The Morgan fingerprint density at radius 3 is 2.82 bits per heavy atom. The number of nitrogens with one attached hydrogen (secondary N) is 1. The van der Waals surface area contributed by atoms with E-state index < -0.39 is 9.84 Å². The second kappa shape index (κ2) is 4.55. The lowest BCUT2D eigenvalue weighted by Crippen LogP contribution is -2.04. The van der Waals surface area contributed by atoms with Crippen LogP contribution < -0.4 is 0 Å². The van der Waals surface area contributed by atoms with E-state index in [0.717, 1.165) is 16.5 Å². The summed E-state index contributed by atoms with van der Waals surface area (Å²) in [6.07, 6.45) is 3.18. The lowest BCUT2D eigenvalue weighted by Gasteiger charge is -2.02. The van der Waals surface area contributed by atoms with Crippen LogP contribution >= 0.6 is 11.6 Å². The van der Waals surface area contributed by atoms with Crippen molar-refractivity contribution in [3.05, 3.63) is 42.6 Å². The van der Waals surface area contributed by atoms with Crippen LogP contribution in [0.1, 0.15) is 5.56 Å². The summed E-state index contributed by atoms with van der Waals surface area (Å²) in [6.45, 7) is 3.45. The van der Waals surface area contributed by atoms with Crippen molar-refractivity contribution in [2.45, 2.75) is 10.8 Å². The van der Waals surface area contributed by atoms with Gasteiger partial charge in [0.25, 0.3) is 0 Å². The zero-order valence-corrected chi connectivity index (χ0v) is 10.7. The number of sulfone groups is 1. The third-order valence-corrected chi connectivity index (χ3v) is 4.51. The lowest BCUT2D eigenvalue weighted by molar-refractivity contribution is 0.599. The topological polar surface area (TPSA) is 49.9 Å². The Kier molecular flexibility index (Phi) is 3.26. The molecule has 1 N–H and O–H groups in total. The van der Waals surface area contributed by atoms with E-state index in [2.05, 4.69) is 11.6 Å². The summed E-state index contributed by atoms with van der Waals surface area (Å²) >= 11 is 5.79. The number of hydrogen-bond donors (Lipinski definition) is 1. The van der Waals surface area contributed by atoms with Crippen molar-refractivity contribution in [1.29, 1.82) is 0 Å². The number of halogens is 1. The molecule has 90 valence electrons. The Morgan fingerprint density at radius 1 is 1.41 bits per heavy atom. The Balaban J connectivity index is 2.61. The smallest absolute Gasteiger partial charge is 0.181 e. The van der Waals surface area contributed by atoms with Crippen molar-refractivity contribution in [2.75, 3.05) is 5.75 Å². The predicted octanol–water partition coefficient (Wildman–Crippen LogP) is 2.87. The van der Waals surface area contributed by atoms with Gasteiger partial charge in [-0.3, -0.25) is 0 Å². The average molecular weight is 270 g/mol. The molecule has 0 radical (unpaired) electrons. The highest BCUT2D eigenvalue weighted by molar-refractivity contribution is 7.91. The summed E-state index contributed by atoms with van der Waals surface area (Å²) in [5.41, 5.74) is 1.79. The maximum absolute atomic E-state index is 11.9. The molecular formula is C12H12ClNO2S. The van der Waals surface area contributed by atoms with Crippen LogP contribution in [0.2, 0.25) is 0 Å². The molecule has 1 heterocycles. The van der Waals surface area contributed by atoms with Crippen molar-refractivity contribution in [2.24, 2.45) is 0 Å². The van der Waals surface area contributed by atoms with E-state index in [1.807, 2.05) is 0 Å². The Bertz CT molecular complexity index is 658. The zero-order valence-electron chi connectivity index (χ0n) is 9.11. The minimum Gasteiger partial charge on any atom is -0.361 e. The lowest BCUT2D eigenvalue weighted by atomic mass is 10.2. The number of aromatic nitrogens is 1.